The summed E-state index contributed by atoms with van der Waals surface area (Å²) in [5, 5.41) is 3.50. The van der Waals surface area contributed by atoms with Gasteiger partial charge in [-0.05, 0) is 55.2 Å². The Morgan fingerprint density at radius 2 is 1.78 bits per heavy atom. The highest BCUT2D eigenvalue weighted by Crippen LogP contribution is 2.21. The molecule has 94 valence electrons. The molecule has 2 heteroatoms. The van der Waals surface area contributed by atoms with E-state index in [9.17, 15) is 0 Å². The number of halogens is 1. The Bertz CT molecular complexity index is 561. The van der Waals surface area contributed by atoms with E-state index < -0.39 is 0 Å². The molecule has 0 saturated heterocycles. The molecule has 0 bridgehead atoms. The van der Waals surface area contributed by atoms with Crippen molar-refractivity contribution in [1.82, 2.24) is 0 Å². The first-order chi connectivity index (χ1) is 8.58. The minimum Gasteiger partial charge on any atom is -0.381 e. The number of hydrogen-bond acceptors (Lipinski definition) is 1. The molecule has 0 aliphatic carbocycles. The molecular formula is C16H18BrN. The summed E-state index contributed by atoms with van der Waals surface area (Å²) >= 11 is 3.57. The number of hydrogen-bond donors (Lipinski definition) is 1. The molecule has 1 nitrogen and oxygen atoms in total. The average molecular weight is 304 g/mol. The van der Waals surface area contributed by atoms with Gasteiger partial charge < -0.3 is 5.32 Å². The fraction of sp³-hybridized carbons (Fsp3) is 0.250. The number of aryl methyl sites for hydroxylation is 2. The van der Waals surface area contributed by atoms with Gasteiger partial charge in [0.05, 0.1) is 0 Å². The van der Waals surface area contributed by atoms with E-state index in [1.54, 1.807) is 0 Å². The van der Waals surface area contributed by atoms with Crippen LogP contribution in [0.25, 0.3) is 0 Å². The van der Waals surface area contributed by atoms with Crippen molar-refractivity contribution in [2.75, 3.05) is 5.32 Å². The van der Waals surface area contributed by atoms with E-state index in [-0.39, 0.29) is 0 Å². The zero-order valence-corrected chi connectivity index (χ0v) is 12.6. The van der Waals surface area contributed by atoms with E-state index in [0.717, 1.165) is 6.54 Å². The third kappa shape index (κ3) is 2.94. The lowest BCUT2D eigenvalue weighted by atomic mass is 10.1. The summed E-state index contributed by atoms with van der Waals surface area (Å²) in [5.41, 5.74) is 6.42. The molecular weight excluding hydrogens is 286 g/mol. The maximum Gasteiger partial charge on any atom is 0.0401 e. The van der Waals surface area contributed by atoms with E-state index >= 15 is 0 Å². The zero-order chi connectivity index (χ0) is 13.1. The van der Waals surface area contributed by atoms with Crippen molar-refractivity contribution in [3.8, 4) is 0 Å². The van der Waals surface area contributed by atoms with Gasteiger partial charge in [-0.15, -0.1) is 0 Å². The van der Waals surface area contributed by atoms with E-state index in [0.29, 0.717) is 0 Å². The second-order valence-corrected chi connectivity index (χ2v) is 5.54. The van der Waals surface area contributed by atoms with Gasteiger partial charge in [-0.3, -0.25) is 0 Å². The predicted octanol–water partition coefficient (Wildman–Crippen LogP) is 4.99. The molecule has 0 heterocycles. The molecule has 1 N–H and O–H groups in total. The van der Waals surface area contributed by atoms with Crippen molar-refractivity contribution < 1.29 is 0 Å². The normalized spacial score (nSPS) is 10.4. The van der Waals surface area contributed by atoms with Gasteiger partial charge >= 0.3 is 0 Å². The third-order valence-corrected chi connectivity index (χ3v) is 4.18. The quantitative estimate of drug-likeness (QED) is 0.842. The summed E-state index contributed by atoms with van der Waals surface area (Å²) < 4.78 is 1.17. The summed E-state index contributed by atoms with van der Waals surface area (Å²) in [7, 11) is 0. The minimum atomic E-state index is 0.850. The van der Waals surface area contributed by atoms with Crippen LogP contribution in [0.5, 0.6) is 0 Å². The number of benzene rings is 2. The Morgan fingerprint density at radius 1 is 1.00 bits per heavy atom. The van der Waals surface area contributed by atoms with Crippen LogP contribution in [-0.4, -0.2) is 0 Å². The maximum atomic E-state index is 3.57. The standard InChI is InChI=1S/C16H18BrN/c1-11-5-4-6-16(13(11)3)18-10-14-8-7-12(2)15(17)9-14/h4-9,18H,10H2,1-3H3. The summed E-state index contributed by atoms with van der Waals surface area (Å²) in [5.74, 6) is 0. The highest BCUT2D eigenvalue weighted by atomic mass is 79.9. The Balaban J connectivity index is 2.11. The Hall–Kier alpha value is -1.28. The van der Waals surface area contributed by atoms with Crippen LogP contribution in [0.1, 0.15) is 22.3 Å². The SMILES string of the molecule is Cc1ccc(CNc2cccc(C)c2C)cc1Br. The number of nitrogens with one attached hydrogen (secondary N) is 1. The van der Waals surface area contributed by atoms with Gasteiger partial charge in [0.25, 0.3) is 0 Å². The second kappa shape index (κ2) is 5.57. The lowest BCUT2D eigenvalue weighted by Gasteiger charge is -2.12. The lowest BCUT2D eigenvalue weighted by molar-refractivity contribution is 1.13. The maximum absolute atomic E-state index is 3.57. The van der Waals surface area contributed by atoms with Gasteiger partial charge in [0, 0.05) is 16.7 Å². The summed E-state index contributed by atoms with van der Waals surface area (Å²) in [6.45, 7) is 7.25. The van der Waals surface area contributed by atoms with E-state index in [2.05, 4.69) is 78.4 Å². The largest absolute Gasteiger partial charge is 0.381 e. The van der Waals surface area contributed by atoms with E-state index in [4.69, 9.17) is 0 Å². The molecule has 0 spiro atoms. The van der Waals surface area contributed by atoms with Crippen LogP contribution in [0.4, 0.5) is 5.69 Å². The molecule has 0 radical (unpaired) electrons. The summed E-state index contributed by atoms with van der Waals surface area (Å²) in [4.78, 5) is 0. The predicted molar refractivity (Wildman–Crippen MR) is 82.1 cm³/mol. The second-order valence-electron chi connectivity index (χ2n) is 4.68. The number of anilines is 1. The minimum absolute atomic E-state index is 0.850. The number of rotatable bonds is 3. The fourth-order valence-corrected chi connectivity index (χ4v) is 2.31. The van der Waals surface area contributed by atoms with Crippen molar-refractivity contribution in [2.24, 2.45) is 0 Å². The first kappa shape index (κ1) is 13.2. The van der Waals surface area contributed by atoms with Gasteiger partial charge in [-0.25, -0.2) is 0 Å². The zero-order valence-electron chi connectivity index (χ0n) is 11.0. The van der Waals surface area contributed by atoms with Crippen molar-refractivity contribution >= 4 is 21.6 Å². The van der Waals surface area contributed by atoms with Gasteiger partial charge in [0.2, 0.25) is 0 Å². The van der Waals surface area contributed by atoms with Crippen LogP contribution in [-0.2, 0) is 6.54 Å². The highest BCUT2D eigenvalue weighted by molar-refractivity contribution is 9.10. The monoisotopic (exact) mass is 303 g/mol. The van der Waals surface area contributed by atoms with Crippen molar-refractivity contribution in [3.05, 3.63) is 63.1 Å². The average Bonchev–Trinajstić information content (AvgIpc) is 2.35. The Kier molecular flexibility index (Phi) is 4.07. The van der Waals surface area contributed by atoms with Crippen molar-refractivity contribution in [3.63, 3.8) is 0 Å². The van der Waals surface area contributed by atoms with E-state index in [1.807, 2.05) is 0 Å². The van der Waals surface area contributed by atoms with Crippen LogP contribution in [0, 0.1) is 20.8 Å². The Labute approximate surface area is 117 Å². The first-order valence-electron chi connectivity index (χ1n) is 6.13. The van der Waals surface area contributed by atoms with Crippen LogP contribution >= 0.6 is 15.9 Å². The van der Waals surface area contributed by atoms with Gasteiger partial charge in [0.1, 0.15) is 0 Å². The first-order valence-corrected chi connectivity index (χ1v) is 6.92. The molecule has 0 aliphatic rings. The molecule has 0 fully saturated rings. The van der Waals surface area contributed by atoms with Crippen LogP contribution < -0.4 is 5.32 Å². The molecule has 2 aromatic carbocycles. The molecule has 0 aliphatic heterocycles. The van der Waals surface area contributed by atoms with Crippen molar-refractivity contribution in [1.29, 1.82) is 0 Å². The Morgan fingerprint density at radius 3 is 2.50 bits per heavy atom. The fourth-order valence-electron chi connectivity index (χ4n) is 1.89. The third-order valence-electron chi connectivity index (χ3n) is 3.32. The lowest BCUT2D eigenvalue weighted by Crippen LogP contribution is -2.02. The van der Waals surface area contributed by atoms with Gasteiger partial charge in [-0.1, -0.05) is 40.2 Å². The summed E-state index contributed by atoms with van der Waals surface area (Å²) in [6, 6.07) is 12.8. The van der Waals surface area contributed by atoms with Gasteiger partial charge in [-0.2, -0.15) is 0 Å². The smallest absolute Gasteiger partial charge is 0.0401 e. The summed E-state index contributed by atoms with van der Waals surface area (Å²) in [6.07, 6.45) is 0. The molecule has 0 atom stereocenters. The van der Waals surface area contributed by atoms with Crippen molar-refractivity contribution in [2.45, 2.75) is 27.3 Å². The van der Waals surface area contributed by atoms with Gasteiger partial charge in [0.15, 0.2) is 0 Å². The molecule has 18 heavy (non-hydrogen) atoms. The van der Waals surface area contributed by atoms with Crippen LogP contribution in [0.15, 0.2) is 40.9 Å². The van der Waals surface area contributed by atoms with E-state index in [1.165, 1.54) is 32.4 Å². The topological polar surface area (TPSA) is 12.0 Å². The molecule has 0 saturated carbocycles. The molecule has 0 amide bonds. The molecule has 2 aromatic rings. The molecule has 0 unspecified atom stereocenters. The van der Waals surface area contributed by atoms with Crippen LogP contribution in [0.3, 0.4) is 0 Å². The molecule has 2 rings (SSSR count). The molecule has 0 aromatic heterocycles. The highest BCUT2D eigenvalue weighted by Gasteiger charge is 2.01. The van der Waals surface area contributed by atoms with Crippen LogP contribution in [0.2, 0.25) is 0 Å².